The van der Waals surface area contributed by atoms with Crippen LogP contribution in [-0.4, -0.2) is 14.2 Å². The summed E-state index contributed by atoms with van der Waals surface area (Å²) in [4.78, 5) is 0. The van der Waals surface area contributed by atoms with Crippen molar-refractivity contribution in [3.63, 3.8) is 0 Å². The number of fused-ring (bicyclic) bond motifs is 1. The third-order valence-corrected chi connectivity index (χ3v) is 3.77. The van der Waals surface area contributed by atoms with Crippen LogP contribution in [-0.2, 0) is 0 Å². The van der Waals surface area contributed by atoms with E-state index in [1.165, 1.54) is 22.1 Å². The Balaban J connectivity index is 2.24. The zero-order valence-electron chi connectivity index (χ0n) is 12.5. The van der Waals surface area contributed by atoms with E-state index in [-0.39, 0.29) is 0 Å². The molecule has 0 saturated carbocycles. The van der Waals surface area contributed by atoms with Crippen molar-refractivity contribution < 1.29 is 9.47 Å². The van der Waals surface area contributed by atoms with E-state index in [4.69, 9.17) is 9.47 Å². The Labute approximate surface area is 124 Å². The predicted octanol–water partition coefficient (Wildman–Crippen LogP) is 4.83. The summed E-state index contributed by atoms with van der Waals surface area (Å²) in [6, 6.07) is 18.9. The first-order valence-corrected chi connectivity index (χ1v) is 6.94. The zero-order chi connectivity index (χ0) is 14.8. The first-order valence-electron chi connectivity index (χ1n) is 6.94. The summed E-state index contributed by atoms with van der Waals surface area (Å²) in [6.45, 7) is 2.13. The summed E-state index contributed by atoms with van der Waals surface area (Å²) in [6.07, 6.45) is 0. The van der Waals surface area contributed by atoms with Crippen molar-refractivity contribution in [1.29, 1.82) is 0 Å². The third-order valence-electron chi connectivity index (χ3n) is 3.77. The summed E-state index contributed by atoms with van der Waals surface area (Å²) in [5.74, 6) is 1.52. The molecule has 0 spiro atoms. The standard InChI is InChI=1S/C19H18O2/c1-13-9-15(14-7-5-4-6-8-14)10-16-11-18(20-2)19(21-3)12-17(13)16/h4-12H,1-3H3. The molecule has 0 amide bonds. The molecule has 0 unspecified atom stereocenters. The molecular weight excluding hydrogens is 260 g/mol. The van der Waals surface area contributed by atoms with Gasteiger partial charge in [-0.3, -0.25) is 0 Å². The molecule has 2 heteroatoms. The number of hydrogen-bond acceptors (Lipinski definition) is 2. The van der Waals surface area contributed by atoms with Gasteiger partial charge in [-0.25, -0.2) is 0 Å². The molecule has 0 radical (unpaired) electrons. The molecular formula is C19H18O2. The highest BCUT2D eigenvalue weighted by atomic mass is 16.5. The molecule has 3 rings (SSSR count). The minimum atomic E-state index is 0.759. The van der Waals surface area contributed by atoms with E-state index in [0.29, 0.717) is 0 Å². The van der Waals surface area contributed by atoms with Crippen molar-refractivity contribution >= 4 is 10.8 Å². The Morgan fingerprint density at radius 3 is 2.05 bits per heavy atom. The Hall–Kier alpha value is -2.48. The second-order valence-electron chi connectivity index (χ2n) is 5.09. The van der Waals surface area contributed by atoms with E-state index in [1.54, 1.807) is 14.2 Å². The summed E-state index contributed by atoms with van der Waals surface area (Å²) in [5, 5.41) is 2.35. The van der Waals surface area contributed by atoms with Gasteiger partial charge >= 0.3 is 0 Å². The van der Waals surface area contributed by atoms with Crippen LogP contribution in [0, 0.1) is 6.92 Å². The molecule has 0 bridgehead atoms. The molecule has 0 heterocycles. The quantitative estimate of drug-likeness (QED) is 0.683. The van der Waals surface area contributed by atoms with Crippen molar-refractivity contribution in [2.24, 2.45) is 0 Å². The molecule has 0 aliphatic heterocycles. The maximum atomic E-state index is 5.40. The van der Waals surface area contributed by atoms with Crippen molar-refractivity contribution in [2.75, 3.05) is 14.2 Å². The van der Waals surface area contributed by atoms with E-state index in [0.717, 1.165) is 16.9 Å². The van der Waals surface area contributed by atoms with Gasteiger partial charge in [-0.15, -0.1) is 0 Å². The Morgan fingerprint density at radius 2 is 1.38 bits per heavy atom. The molecule has 0 aliphatic carbocycles. The van der Waals surface area contributed by atoms with Gasteiger partial charge in [0.25, 0.3) is 0 Å². The third kappa shape index (κ3) is 2.45. The van der Waals surface area contributed by atoms with Gasteiger partial charge in [0.1, 0.15) is 0 Å². The Morgan fingerprint density at radius 1 is 0.714 bits per heavy atom. The maximum Gasteiger partial charge on any atom is 0.161 e. The average molecular weight is 278 g/mol. The van der Waals surface area contributed by atoms with Crippen LogP contribution in [0.2, 0.25) is 0 Å². The summed E-state index contributed by atoms with van der Waals surface area (Å²) in [5.41, 5.74) is 3.66. The van der Waals surface area contributed by atoms with Crippen LogP contribution < -0.4 is 9.47 Å². The molecule has 0 N–H and O–H groups in total. The second kappa shape index (κ2) is 5.49. The minimum Gasteiger partial charge on any atom is -0.493 e. The average Bonchev–Trinajstić information content (AvgIpc) is 2.54. The highest BCUT2D eigenvalue weighted by molar-refractivity contribution is 5.92. The lowest BCUT2D eigenvalue weighted by Crippen LogP contribution is -1.92. The van der Waals surface area contributed by atoms with Gasteiger partial charge in [-0.2, -0.15) is 0 Å². The summed E-state index contributed by atoms with van der Waals surface area (Å²) in [7, 11) is 3.33. The number of methoxy groups -OCH3 is 2. The van der Waals surface area contributed by atoms with E-state index >= 15 is 0 Å². The number of rotatable bonds is 3. The van der Waals surface area contributed by atoms with E-state index in [2.05, 4.69) is 43.3 Å². The Kier molecular flexibility index (Phi) is 3.53. The fourth-order valence-electron chi connectivity index (χ4n) is 2.67. The molecule has 0 atom stereocenters. The molecule has 21 heavy (non-hydrogen) atoms. The van der Waals surface area contributed by atoms with Crippen molar-refractivity contribution in [3.8, 4) is 22.6 Å². The molecule has 0 aromatic heterocycles. The normalized spacial score (nSPS) is 10.6. The molecule has 2 nitrogen and oxygen atoms in total. The predicted molar refractivity (Wildman–Crippen MR) is 87.2 cm³/mol. The van der Waals surface area contributed by atoms with Crippen molar-refractivity contribution in [3.05, 3.63) is 60.2 Å². The maximum absolute atomic E-state index is 5.40. The molecule has 106 valence electrons. The van der Waals surface area contributed by atoms with Crippen LogP contribution in [0.3, 0.4) is 0 Å². The van der Waals surface area contributed by atoms with Crippen LogP contribution in [0.1, 0.15) is 5.56 Å². The SMILES string of the molecule is COc1cc2cc(-c3ccccc3)cc(C)c2cc1OC. The molecule has 0 aliphatic rings. The van der Waals surface area contributed by atoms with Gasteiger partial charge in [-0.05, 0) is 52.6 Å². The molecule has 3 aromatic rings. The lowest BCUT2D eigenvalue weighted by atomic mass is 9.97. The number of aryl methyl sites for hydroxylation is 1. The lowest BCUT2D eigenvalue weighted by Gasteiger charge is -2.12. The van der Waals surface area contributed by atoms with Crippen LogP contribution in [0.15, 0.2) is 54.6 Å². The molecule has 0 saturated heterocycles. The van der Waals surface area contributed by atoms with Crippen LogP contribution in [0.5, 0.6) is 11.5 Å². The van der Waals surface area contributed by atoms with Crippen molar-refractivity contribution in [2.45, 2.75) is 6.92 Å². The first-order chi connectivity index (χ1) is 10.2. The summed E-state index contributed by atoms with van der Waals surface area (Å²) < 4.78 is 10.8. The summed E-state index contributed by atoms with van der Waals surface area (Å²) >= 11 is 0. The molecule has 3 aromatic carbocycles. The fourth-order valence-corrected chi connectivity index (χ4v) is 2.67. The number of benzene rings is 3. The topological polar surface area (TPSA) is 18.5 Å². The Bertz CT molecular complexity index is 776. The van der Waals surface area contributed by atoms with Gasteiger partial charge < -0.3 is 9.47 Å². The van der Waals surface area contributed by atoms with Gasteiger partial charge in [0, 0.05) is 0 Å². The van der Waals surface area contributed by atoms with Crippen LogP contribution in [0.25, 0.3) is 21.9 Å². The van der Waals surface area contributed by atoms with E-state index in [1.807, 2.05) is 18.2 Å². The van der Waals surface area contributed by atoms with Crippen LogP contribution in [0.4, 0.5) is 0 Å². The van der Waals surface area contributed by atoms with Gasteiger partial charge in [0.15, 0.2) is 11.5 Å². The monoisotopic (exact) mass is 278 g/mol. The van der Waals surface area contributed by atoms with E-state index in [9.17, 15) is 0 Å². The smallest absolute Gasteiger partial charge is 0.161 e. The van der Waals surface area contributed by atoms with E-state index < -0.39 is 0 Å². The largest absolute Gasteiger partial charge is 0.493 e. The fraction of sp³-hybridized carbons (Fsp3) is 0.158. The highest BCUT2D eigenvalue weighted by Gasteiger charge is 2.09. The second-order valence-corrected chi connectivity index (χ2v) is 5.09. The number of ether oxygens (including phenoxy) is 2. The lowest BCUT2D eigenvalue weighted by molar-refractivity contribution is 0.356. The van der Waals surface area contributed by atoms with Gasteiger partial charge in [0.05, 0.1) is 14.2 Å². The zero-order valence-corrected chi connectivity index (χ0v) is 12.5. The van der Waals surface area contributed by atoms with Crippen LogP contribution >= 0.6 is 0 Å². The number of hydrogen-bond donors (Lipinski definition) is 0. The van der Waals surface area contributed by atoms with Gasteiger partial charge in [-0.1, -0.05) is 36.4 Å². The minimum absolute atomic E-state index is 0.759. The highest BCUT2D eigenvalue weighted by Crippen LogP contribution is 2.35. The van der Waals surface area contributed by atoms with Gasteiger partial charge in [0.2, 0.25) is 0 Å². The molecule has 0 fully saturated rings. The first kappa shape index (κ1) is 13.5. The van der Waals surface area contributed by atoms with Crippen molar-refractivity contribution in [1.82, 2.24) is 0 Å².